The van der Waals surface area contributed by atoms with Gasteiger partial charge in [-0.3, -0.25) is 0 Å². The first-order valence-electron chi connectivity index (χ1n) is 4.75. The van der Waals surface area contributed by atoms with Crippen molar-refractivity contribution < 1.29 is 22.7 Å². The smallest absolute Gasteiger partial charge is 0.422 e. The Kier molecular flexibility index (Phi) is 4.73. The van der Waals surface area contributed by atoms with Crippen molar-refractivity contribution in [3.63, 3.8) is 0 Å². The molecule has 0 saturated carbocycles. The van der Waals surface area contributed by atoms with Gasteiger partial charge in [-0.15, -0.1) is 11.3 Å². The van der Waals surface area contributed by atoms with Crippen LogP contribution in [0.5, 0.6) is 0 Å². The van der Waals surface area contributed by atoms with E-state index >= 15 is 0 Å². The van der Waals surface area contributed by atoms with Gasteiger partial charge >= 0.3 is 12.3 Å². The number of ether oxygens (including phenoxy) is 1. The fraction of sp³-hybridized carbons (Fsp3) is 0.556. The van der Waals surface area contributed by atoms with Crippen molar-refractivity contribution in [1.82, 2.24) is 10.3 Å². The third kappa shape index (κ3) is 6.10. The van der Waals surface area contributed by atoms with Crippen molar-refractivity contribution >= 4 is 17.4 Å². The first-order valence-corrected chi connectivity index (χ1v) is 5.63. The summed E-state index contributed by atoms with van der Waals surface area (Å²) in [6.07, 6.45) is -5.11. The minimum atomic E-state index is -4.50. The Morgan fingerprint density at radius 1 is 1.59 bits per heavy atom. The van der Waals surface area contributed by atoms with Crippen molar-refractivity contribution in [2.24, 2.45) is 0 Å². The predicted octanol–water partition coefficient (Wildman–Crippen LogP) is 2.28. The largest absolute Gasteiger partial charge is 0.440 e. The molecule has 1 aromatic rings. The minimum Gasteiger partial charge on any atom is -0.440 e. The van der Waals surface area contributed by atoms with Gasteiger partial charge in [-0.25, -0.2) is 9.78 Å². The standard InChI is InChI=1S/C9H11F3N2O2S/c1-6-14-7(4-17-6)2-3-13-8(15)16-5-9(10,11)12/h4H,2-3,5H2,1H3,(H,13,15). The lowest BCUT2D eigenvalue weighted by Gasteiger charge is -2.08. The summed E-state index contributed by atoms with van der Waals surface area (Å²) in [4.78, 5) is 15.0. The van der Waals surface area contributed by atoms with E-state index in [-0.39, 0.29) is 6.54 Å². The van der Waals surface area contributed by atoms with Gasteiger partial charge in [0.05, 0.1) is 10.7 Å². The fourth-order valence-electron chi connectivity index (χ4n) is 1.01. The number of alkyl carbamates (subject to hydrolysis) is 1. The number of carbonyl (C=O) groups is 1. The molecule has 0 fully saturated rings. The highest BCUT2D eigenvalue weighted by atomic mass is 32.1. The van der Waals surface area contributed by atoms with Gasteiger partial charge in [-0.1, -0.05) is 0 Å². The number of hydrogen-bond acceptors (Lipinski definition) is 4. The normalized spacial score (nSPS) is 11.3. The molecule has 0 aromatic carbocycles. The van der Waals surface area contributed by atoms with Crippen molar-refractivity contribution in [3.05, 3.63) is 16.1 Å². The Bertz CT molecular complexity index is 379. The lowest BCUT2D eigenvalue weighted by atomic mass is 10.3. The van der Waals surface area contributed by atoms with Gasteiger partial charge < -0.3 is 10.1 Å². The van der Waals surface area contributed by atoms with Crippen molar-refractivity contribution in [3.8, 4) is 0 Å². The Morgan fingerprint density at radius 2 is 2.29 bits per heavy atom. The Balaban J connectivity index is 2.16. The molecule has 96 valence electrons. The number of nitrogens with one attached hydrogen (secondary N) is 1. The maximum absolute atomic E-state index is 11.7. The third-order valence-corrected chi connectivity index (χ3v) is 2.51. The summed E-state index contributed by atoms with van der Waals surface area (Å²) in [7, 11) is 0. The van der Waals surface area contributed by atoms with Crippen LogP contribution < -0.4 is 5.32 Å². The van der Waals surface area contributed by atoms with Crippen molar-refractivity contribution in [2.45, 2.75) is 19.5 Å². The third-order valence-electron chi connectivity index (χ3n) is 1.68. The highest BCUT2D eigenvalue weighted by Crippen LogP contribution is 2.14. The second-order valence-corrected chi connectivity index (χ2v) is 4.29. The summed E-state index contributed by atoms with van der Waals surface area (Å²) in [6.45, 7) is 0.466. The van der Waals surface area contributed by atoms with Gasteiger partial charge in [0.25, 0.3) is 0 Å². The average Bonchev–Trinajstić information content (AvgIpc) is 2.60. The second-order valence-electron chi connectivity index (χ2n) is 3.23. The molecule has 0 aliphatic carbocycles. The lowest BCUT2D eigenvalue weighted by molar-refractivity contribution is -0.160. The zero-order valence-corrected chi connectivity index (χ0v) is 9.82. The van der Waals surface area contributed by atoms with E-state index in [1.165, 1.54) is 11.3 Å². The molecule has 0 aliphatic rings. The van der Waals surface area contributed by atoms with Crippen molar-refractivity contribution in [1.29, 1.82) is 0 Å². The second kappa shape index (κ2) is 5.85. The molecule has 0 saturated heterocycles. The summed E-state index contributed by atoms with van der Waals surface area (Å²) in [6, 6.07) is 0. The monoisotopic (exact) mass is 268 g/mol. The molecule has 0 bridgehead atoms. The number of amides is 1. The summed E-state index contributed by atoms with van der Waals surface area (Å²) in [5.74, 6) is 0. The molecule has 8 heteroatoms. The molecule has 0 aliphatic heterocycles. The van der Waals surface area contributed by atoms with Gasteiger partial charge in [0.15, 0.2) is 6.61 Å². The fourth-order valence-corrected chi connectivity index (χ4v) is 1.66. The molecular weight excluding hydrogens is 257 g/mol. The van der Waals surface area contributed by atoms with E-state index in [9.17, 15) is 18.0 Å². The Morgan fingerprint density at radius 3 is 2.82 bits per heavy atom. The number of halogens is 3. The number of alkyl halides is 3. The van der Waals surface area contributed by atoms with E-state index in [4.69, 9.17) is 0 Å². The molecule has 4 nitrogen and oxygen atoms in total. The molecule has 0 spiro atoms. The summed E-state index contributed by atoms with van der Waals surface area (Å²) in [5.41, 5.74) is 0.795. The molecule has 17 heavy (non-hydrogen) atoms. The number of aryl methyl sites for hydroxylation is 1. The summed E-state index contributed by atoms with van der Waals surface area (Å²) in [5, 5.41) is 4.95. The zero-order chi connectivity index (χ0) is 12.9. The highest BCUT2D eigenvalue weighted by molar-refractivity contribution is 7.09. The number of aromatic nitrogens is 1. The molecule has 1 aromatic heterocycles. The number of carbonyl (C=O) groups excluding carboxylic acids is 1. The van der Waals surface area contributed by atoms with Gasteiger partial charge in [0.2, 0.25) is 0 Å². The lowest BCUT2D eigenvalue weighted by Crippen LogP contribution is -2.30. The first kappa shape index (κ1) is 13.8. The van der Waals surface area contributed by atoms with Crippen LogP contribution in [0.25, 0.3) is 0 Å². The molecule has 1 amide bonds. The molecule has 0 atom stereocenters. The molecule has 1 rings (SSSR count). The topological polar surface area (TPSA) is 51.2 Å². The van der Waals surface area contributed by atoms with Crippen LogP contribution in [0.15, 0.2) is 5.38 Å². The van der Waals surface area contributed by atoms with Crippen LogP contribution in [0.3, 0.4) is 0 Å². The van der Waals surface area contributed by atoms with Crippen LogP contribution in [-0.2, 0) is 11.2 Å². The minimum absolute atomic E-state index is 0.194. The Labute approximate surface area is 99.8 Å². The maximum Gasteiger partial charge on any atom is 0.422 e. The van der Waals surface area contributed by atoms with Gasteiger partial charge in [-0.2, -0.15) is 13.2 Å². The van der Waals surface area contributed by atoms with Gasteiger partial charge in [0.1, 0.15) is 0 Å². The number of rotatable bonds is 4. The van der Waals surface area contributed by atoms with E-state index < -0.39 is 18.9 Å². The number of hydrogen-bond donors (Lipinski definition) is 1. The number of thiazole rings is 1. The molecule has 0 unspecified atom stereocenters. The SMILES string of the molecule is Cc1nc(CCNC(=O)OCC(F)(F)F)cs1. The summed E-state index contributed by atoms with van der Waals surface area (Å²) >= 11 is 1.47. The molecule has 0 radical (unpaired) electrons. The van der Waals surface area contributed by atoms with Gasteiger partial charge in [0, 0.05) is 18.3 Å². The molecular formula is C9H11F3N2O2S. The van der Waals surface area contributed by atoms with Crippen molar-refractivity contribution in [2.75, 3.05) is 13.2 Å². The van der Waals surface area contributed by atoms with E-state index in [1.54, 1.807) is 0 Å². The van der Waals surface area contributed by atoms with E-state index in [0.717, 1.165) is 10.7 Å². The molecule has 1 N–H and O–H groups in total. The van der Waals surface area contributed by atoms with Crippen LogP contribution in [0.2, 0.25) is 0 Å². The van der Waals surface area contributed by atoms with Crippen LogP contribution in [0.4, 0.5) is 18.0 Å². The quantitative estimate of drug-likeness (QED) is 0.911. The summed E-state index contributed by atoms with van der Waals surface area (Å²) < 4.78 is 39.0. The van der Waals surface area contributed by atoms with E-state index in [0.29, 0.717) is 6.42 Å². The van der Waals surface area contributed by atoms with E-state index in [2.05, 4.69) is 15.0 Å². The van der Waals surface area contributed by atoms with Crippen LogP contribution >= 0.6 is 11.3 Å². The Hall–Kier alpha value is -1.31. The highest BCUT2D eigenvalue weighted by Gasteiger charge is 2.29. The molecule has 1 heterocycles. The van der Waals surface area contributed by atoms with Crippen LogP contribution in [-0.4, -0.2) is 30.4 Å². The van der Waals surface area contributed by atoms with Gasteiger partial charge in [-0.05, 0) is 6.92 Å². The zero-order valence-electron chi connectivity index (χ0n) is 9.00. The average molecular weight is 268 g/mol. The number of nitrogens with zero attached hydrogens (tertiary/aromatic N) is 1. The first-order chi connectivity index (χ1) is 7.87. The van der Waals surface area contributed by atoms with E-state index in [1.807, 2.05) is 12.3 Å². The van der Waals surface area contributed by atoms with Crippen LogP contribution in [0, 0.1) is 6.92 Å². The predicted molar refractivity (Wildman–Crippen MR) is 56.0 cm³/mol. The maximum atomic E-state index is 11.7. The van der Waals surface area contributed by atoms with Crippen LogP contribution in [0.1, 0.15) is 10.7 Å².